The minimum Gasteiger partial charge on any atom is -0.477 e. The van der Waals surface area contributed by atoms with Crippen LogP contribution in [-0.4, -0.2) is 30.2 Å². The van der Waals surface area contributed by atoms with Crippen LogP contribution in [-0.2, 0) is 0 Å². The molecule has 2 aromatic carbocycles. The van der Waals surface area contributed by atoms with Gasteiger partial charge in [-0.05, 0) is 41.5 Å². The van der Waals surface area contributed by atoms with Gasteiger partial charge in [0.25, 0.3) is 0 Å². The van der Waals surface area contributed by atoms with Crippen molar-refractivity contribution in [3.05, 3.63) is 54.2 Å². The van der Waals surface area contributed by atoms with E-state index in [1.807, 2.05) is 32.3 Å². The Hall–Kier alpha value is -2.75. The molecule has 106 valence electrons. The Kier molecular flexibility index (Phi) is 3.14. The lowest BCUT2D eigenvalue weighted by atomic mass is 10.0. The molecule has 0 aliphatic heterocycles. The zero-order valence-corrected chi connectivity index (χ0v) is 11.9. The van der Waals surface area contributed by atoms with E-state index >= 15 is 0 Å². The summed E-state index contributed by atoms with van der Waals surface area (Å²) in [4.78, 5) is 15.9. The predicted octanol–water partition coefficient (Wildman–Crippen LogP) is 3.60. The number of anilines is 1. The molecule has 1 heterocycles. The Balaban J connectivity index is 2.02. The average Bonchev–Trinajstić information content (AvgIpc) is 2.90. The third-order valence-electron chi connectivity index (χ3n) is 3.57. The largest absolute Gasteiger partial charge is 0.477 e. The summed E-state index contributed by atoms with van der Waals surface area (Å²) >= 11 is 0. The number of benzene rings is 2. The van der Waals surface area contributed by atoms with Gasteiger partial charge in [-0.3, -0.25) is 0 Å². The van der Waals surface area contributed by atoms with Crippen LogP contribution in [0.4, 0.5) is 5.69 Å². The lowest BCUT2D eigenvalue weighted by molar-refractivity contribution is 0.0691. The number of hydrogen-bond donors (Lipinski definition) is 2. The number of hydrogen-bond acceptors (Lipinski definition) is 2. The van der Waals surface area contributed by atoms with E-state index in [1.54, 1.807) is 6.07 Å². The number of nitrogens with zero attached hydrogens (tertiary/aromatic N) is 1. The minimum atomic E-state index is -0.942. The summed E-state index contributed by atoms with van der Waals surface area (Å²) in [5.41, 5.74) is 4.38. The highest BCUT2D eigenvalue weighted by Gasteiger charge is 2.08. The van der Waals surface area contributed by atoms with Crippen molar-refractivity contribution >= 4 is 22.6 Å². The number of aromatic nitrogens is 1. The van der Waals surface area contributed by atoms with Crippen LogP contribution in [0.2, 0.25) is 0 Å². The van der Waals surface area contributed by atoms with Gasteiger partial charge in [0.15, 0.2) is 0 Å². The third-order valence-corrected chi connectivity index (χ3v) is 3.57. The zero-order valence-electron chi connectivity index (χ0n) is 11.9. The van der Waals surface area contributed by atoms with E-state index in [0.29, 0.717) is 0 Å². The Morgan fingerprint density at radius 3 is 2.29 bits per heavy atom. The van der Waals surface area contributed by atoms with Gasteiger partial charge in [-0.15, -0.1) is 0 Å². The SMILES string of the molecule is CN(C)c1ccc(-c2ccc3[nH]c(C(=O)O)cc3c2)cc1. The first-order chi connectivity index (χ1) is 10.0. The van der Waals surface area contributed by atoms with Gasteiger partial charge >= 0.3 is 5.97 Å². The molecule has 21 heavy (non-hydrogen) atoms. The number of aromatic amines is 1. The standard InChI is InChI=1S/C17H16N2O2/c1-19(2)14-6-3-11(4-7-14)12-5-8-15-13(9-12)10-16(18-15)17(20)21/h3-10,18H,1-2H3,(H,20,21). The second kappa shape index (κ2) is 4.98. The predicted molar refractivity (Wildman–Crippen MR) is 85.0 cm³/mol. The van der Waals surface area contributed by atoms with Crippen LogP contribution in [0.1, 0.15) is 10.5 Å². The number of aromatic carboxylic acids is 1. The average molecular weight is 280 g/mol. The highest BCUT2D eigenvalue weighted by atomic mass is 16.4. The van der Waals surface area contributed by atoms with E-state index < -0.39 is 5.97 Å². The van der Waals surface area contributed by atoms with Crippen molar-refractivity contribution in [3.8, 4) is 11.1 Å². The Morgan fingerprint density at radius 1 is 1.00 bits per heavy atom. The van der Waals surface area contributed by atoms with Crippen LogP contribution in [0, 0.1) is 0 Å². The van der Waals surface area contributed by atoms with Gasteiger partial charge in [0.1, 0.15) is 5.69 Å². The molecule has 0 saturated heterocycles. The van der Waals surface area contributed by atoms with E-state index in [9.17, 15) is 4.79 Å². The van der Waals surface area contributed by atoms with Crippen LogP contribution >= 0.6 is 0 Å². The van der Waals surface area contributed by atoms with E-state index in [1.165, 1.54) is 0 Å². The lowest BCUT2D eigenvalue weighted by Gasteiger charge is -2.12. The maximum Gasteiger partial charge on any atom is 0.352 e. The quantitative estimate of drug-likeness (QED) is 0.770. The first-order valence-electron chi connectivity index (χ1n) is 6.68. The van der Waals surface area contributed by atoms with Crippen LogP contribution in [0.5, 0.6) is 0 Å². The third kappa shape index (κ3) is 2.48. The highest BCUT2D eigenvalue weighted by Crippen LogP contribution is 2.26. The summed E-state index contributed by atoms with van der Waals surface area (Å²) in [6, 6.07) is 15.9. The molecule has 4 heteroatoms. The summed E-state index contributed by atoms with van der Waals surface area (Å²) in [7, 11) is 4.02. The fraction of sp³-hybridized carbons (Fsp3) is 0.118. The number of carboxylic acid groups (broad SMARTS) is 1. The molecular formula is C17H16N2O2. The van der Waals surface area contributed by atoms with Gasteiger partial charge in [0.05, 0.1) is 0 Å². The summed E-state index contributed by atoms with van der Waals surface area (Å²) in [5, 5.41) is 9.92. The number of rotatable bonds is 3. The van der Waals surface area contributed by atoms with Gasteiger partial charge in [-0.2, -0.15) is 0 Å². The van der Waals surface area contributed by atoms with Gasteiger partial charge in [0, 0.05) is 30.7 Å². The van der Waals surface area contributed by atoms with Gasteiger partial charge in [-0.1, -0.05) is 18.2 Å². The van der Waals surface area contributed by atoms with Crippen molar-refractivity contribution in [1.82, 2.24) is 4.98 Å². The minimum absolute atomic E-state index is 0.213. The van der Waals surface area contributed by atoms with Crippen molar-refractivity contribution in [3.63, 3.8) is 0 Å². The van der Waals surface area contributed by atoms with Crippen LogP contribution in [0.15, 0.2) is 48.5 Å². The highest BCUT2D eigenvalue weighted by molar-refractivity contribution is 5.95. The fourth-order valence-electron chi connectivity index (χ4n) is 2.38. The normalized spacial score (nSPS) is 10.8. The molecule has 0 radical (unpaired) electrons. The number of carbonyl (C=O) groups is 1. The maximum atomic E-state index is 11.0. The van der Waals surface area contributed by atoms with Gasteiger partial charge in [0.2, 0.25) is 0 Å². The van der Waals surface area contributed by atoms with Crippen molar-refractivity contribution in [1.29, 1.82) is 0 Å². The Bertz CT molecular complexity index is 801. The monoisotopic (exact) mass is 280 g/mol. The molecule has 1 aromatic heterocycles. The van der Waals surface area contributed by atoms with E-state index in [0.717, 1.165) is 27.7 Å². The molecule has 0 fully saturated rings. The van der Waals surface area contributed by atoms with Crippen molar-refractivity contribution in [2.24, 2.45) is 0 Å². The van der Waals surface area contributed by atoms with E-state index in [2.05, 4.69) is 34.1 Å². The smallest absolute Gasteiger partial charge is 0.352 e. The first kappa shape index (κ1) is 13.2. The number of H-pyrrole nitrogens is 1. The van der Waals surface area contributed by atoms with Crippen LogP contribution in [0.3, 0.4) is 0 Å². The molecule has 0 aliphatic rings. The van der Waals surface area contributed by atoms with Crippen LogP contribution < -0.4 is 4.90 Å². The second-order valence-electron chi connectivity index (χ2n) is 5.23. The van der Waals surface area contributed by atoms with Crippen molar-refractivity contribution in [2.45, 2.75) is 0 Å². The molecule has 0 spiro atoms. The Labute approximate surface area is 122 Å². The molecule has 0 atom stereocenters. The molecule has 2 N–H and O–H groups in total. The number of fused-ring (bicyclic) bond motifs is 1. The molecule has 0 amide bonds. The first-order valence-corrected chi connectivity index (χ1v) is 6.68. The van der Waals surface area contributed by atoms with Crippen LogP contribution in [0.25, 0.3) is 22.0 Å². The molecule has 0 aliphatic carbocycles. The molecule has 0 bridgehead atoms. The number of carboxylic acids is 1. The summed E-state index contributed by atoms with van der Waals surface area (Å²) in [6.45, 7) is 0. The second-order valence-corrected chi connectivity index (χ2v) is 5.23. The molecule has 3 aromatic rings. The van der Waals surface area contributed by atoms with E-state index in [4.69, 9.17) is 5.11 Å². The zero-order chi connectivity index (χ0) is 15.0. The maximum absolute atomic E-state index is 11.0. The lowest BCUT2D eigenvalue weighted by Crippen LogP contribution is -2.07. The topological polar surface area (TPSA) is 56.3 Å². The fourth-order valence-corrected chi connectivity index (χ4v) is 2.38. The number of nitrogens with one attached hydrogen (secondary N) is 1. The van der Waals surface area contributed by atoms with Crippen molar-refractivity contribution < 1.29 is 9.90 Å². The molecule has 4 nitrogen and oxygen atoms in total. The summed E-state index contributed by atoms with van der Waals surface area (Å²) < 4.78 is 0. The Morgan fingerprint density at radius 2 is 1.67 bits per heavy atom. The summed E-state index contributed by atoms with van der Waals surface area (Å²) in [6.07, 6.45) is 0. The molecule has 0 saturated carbocycles. The molecule has 0 unspecified atom stereocenters. The summed E-state index contributed by atoms with van der Waals surface area (Å²) in [5.74, 6) is -0.942. The van der Waals surface area contributed by atoms with Gasteiger partial charge in [-0.25, -0.2) is 4.79 Å². The molecule has 3 rings (SSSR count). The van der Waals surface area contributed by atoms with E-state index in [-0.39, 0.29) is 5.69 Å². The van der Waals surface area contributed by atoms with Crippen molar-refractivity contribution in [2.75, 3.05) is 19.0 Å². The molecular weight excluding hydrogens is 264 g/mol. The van der Waals surface area contributed by atoms with Gasteiger partial charge < -0.3 is 15.0 Å².